The van der Waals surface area contributed by atoms with Gasteiger partial charge in [0, 0.05) is 229 Å². The van der Waals surface area contributed by atoms with E-state index in [1.807, 2.05) is 0 Å². The molecule has 0 N–H and O–H groups in total. The van der Waals surface area contributed by atoms with Crippen LogP contribution in [-0.2, 0) is 0 Å². The van der Waals surface area contributed by atoms with Crippen LogP contribution in [0.25, 0.3) is 0 Å². The SMILES string of the molecule is C=C1CCC2CCCN12.C=C1CCC2CCN12.CC1=NCC2CC12.CC1=NCC2CCC12.CC1=NCC2CCCC12.CC1=NCC2CCCCC12.CC1=NCCC2(CC2)C1.CC1=NCCC2(CCC2)C1.CC1=NCCC2(CCCC2)C1.CC1=NCCC2(CCCCC2)C1.CC1=NCCCC12CC2.CC1=NCCCC12CCC2.CC1=NCCCC12CCCC2.CC1=NCCCC12CCCCC2. The van der Waals surface area contributed by atoms with Gasteiger partial charge < -0.3 is 9.80 Å². The van der Waals surface area contributed by atoms with E-state index in [0.29, 0.717) is 32.5 Å². The molecule has 12 aliphatic carbocycles. The molecule has 0 bridgehead atoms. The highest BCUT2D eigenvalue weighted by atomic mass is 15.2. The minimum Gasteiger partial charge on any atom is -0.372 e. The number of fused-ring (bicyclic) bond motifs is 6. The first-order chi connectivity index (χ1) is 65.3. The Labute approximate surface area is 826 Å². The van der Waals surface area contributed by atoms with Gasteiger partial charge in [0.15, 0.2) is 0 Å². The molecule has 0 amide bonds. The molecule has 0 aromatic heterocycles. The monoisotopic (exact) mass is 1850 g/mol. The zero-order valence-corrected chi connectivity index (χ0v) is 89.5. The lowest BCUT2D eigenvalue weighted by atomic mass is 9.62. The second-order valence-corrected chi connectivity index (χ2v) is 50.1. The molecule has 16 heterocycles. The van der Waals surface area contributed by atoms with E-state index in [4.69, 9.17) is 0 Å². The van der Waals surface area contributed by atoms with E-state index < -0.39 is 0 Å². The summed E-state index contributed by atoms with van der Waals surface area (Å²) in [4.78, 5) is 58.5. The first-order valence-electron chi connectivity index (χ1n) is 58.3. The van der Waals surface area contributed by atoms with E-state index in [0.717, 1.165) is 149 Å². The van der Waals surface area contributed by atoms with E-state index in [-0.39, 0.29) is 0 Å². The van der Waals surface area contributed by atoms with Gasteiger partial charge in [-0.25, -0.2) is 0 Å². The van der Waals surface area contributed by atoms with Crippen LogP contribution < -0.4 is 0 Å². The average molecular weight is 1850 g/mol. The summed E-state index contributed by atoms with van der Waals surface area (Å²) in [6, 6.07) is 1.79. The third-order valence-electron chi connectivity index (χ3n) is 41.0. The van der Waals surface area contributed by atoms with Crippen molar-refractivity contribution in [3.8, 4) is 0 Å². The molecule has 12 saturated carbocycles. The summed E-state index contributed by atoms with van der Waals surface area (Å²) in [5, 5.41) is 0. The van der Waals surface area contributed by atoms with Crippen LogP contribution in [0.2, 0.25) is 0 Å². The van der Waals surface area contributed by atoms with Crippen LogP contribution in [0.4, 0.5) is 0 Å². The number of nitrogens with zero attached hydrogens (tertiary/aromatic N) is 14. The number of hydrogen-bond donors (Lipinski definition) is 0. The molecule has 0 aromatic rings. The Morgan fingerprint density at radius 1 is 0.222 bits per heavy atom. The lowest BCUT2D eigenvalue weighted by Gasteiger charge is -2.44. The van der Waals surface area contributed by atoms with Gasteiger partial charge >= 0.3 is 0 Å². The summed E-state index contributed by atoms with van der Waals surface area (Å²) in [6.45, 7) is 50.2. The van der Waals surface area contributed by atoms with Crippen molar-refractivity contribution >= 4 is 68.5 Å². The van der Waals surface area contributed by atoms with Crippen molar-refractivity contribution in [3.05, 3.63) is 24.6 Å². The fourth-order valence-corrected chi connectivity index (χ4v) is 30.5. The summed E-state index contributed by atoms with van der Waals surface area (Å²) >= 11 is 0. The largest absolute Gasteiger partial charge is 0.372 e. The molecule has 10 atom stereocenters. The minimum atomic E-state index is 0.566. The van der Waals surface area contributed by atoms with Crippen molar-refractivity contribution in [2.24, 2.45) is 151 Å². The molecule has 14 heteroatoms. The average Bonchev–Trinajstić information content (AvgIpc) is 1.66. The number of allylic oxidation sites excluding steroid dienone is 2. The van der Waals surface area contributed by atoms with Crippen molar-refractivity contribution in [1.82, 2.24) is 9.80 Å². The number of rotatable bonds is 0. The molecule has 0 radical (unpaired) electrons. The van der Waals surface area contributed by atoms with Crippen molar-refractivity contribution in [3.63, 3.8) is 0 Å². The molecular formula is C121H200N14. The van der Waals surface area contributed by atoms with E-state index in [2.05, 4.69) is 166 Å². The van der Waals surface area contributed by atoms with E-state index >= 15 is 0 Å². The third kappa shape index (κ3) is 28.2. The maximum absolute atomic E-state index is 4.62. The van der Waals surface area contributed by atoms with Crippen LogP contribution in [-0.4, -0.2) is 182 Å². The third-order valence-corrected chi connectivity index (χ3v) is 41.0. The molecule has 8 spiro atoms. The fourth-order valence-electron chi connectivity index (χ4n) is 30.5. The Morgan fingerprint density at radius 2 is 0.533 bits per heavy atom. The van der Waals surface area contributed by atoms with Crippen LogP contribution in [0.3, 0.4) is 0 Å². The van der Waals surface area contributed by atoms with Crippen LogP contribution in [0.5, 0.6) is 0 Å². The second kappa shape index (κ2) is 48.9. The van der Waals surface area contributed by atoms with Gasteiger partial charge in [-0.15, -0.1) is 0 Å². The highest BCUT2D eigenvalue weighted by Gasteiger charge is 2.49. The summed E-state index contributed by atoms with van der Waals surface area (Å²) in [5.74, 6) is 7.46. The Kier molecular flexibility index (Phi) is 37.9. The molecular weight excluding hydrogens is 1650 g/mol. The topological polar surface area (TPSA) is 155 Å². The summed E-state index contributed by atoms with van der Waals surface area (Å²) in [6.07, 6.45) is 86.0. The maximum Gasteiger partial charge on any atom is 0.0423 e. The van der Waals surface area contributed by atoms with Crippen LogP contribution in [0, 0.1) is 90.7 Å². The summed E-state index contributed by atoms with van der Waals surface area (Å²) in [7, 11) is 0. The van der Waals surface area contributed by atoms with Gasteiger partial charge in [-0.05, 0) is 424 Å². The molecule has 0 aromatic carbocycles. The number of aliphatic imine (C=N–C) groups is 12. The van der Waals surface area contributed by atoms with Crippen molar-refractivity contribution in [1.29, 1.82) is 0 Å². The zero-order valence-electron chi connectivity index (χ0n) is 89.5. The highest BCUT2D eigenvalue weighted by Crippen LogP contribution is 2.56. The minimum absolute atomic E-state index is 0.566. The molecule has 28 aliphatic rings. The predicted molar refractivity (Wildman–Crippen MR) is 584 cm³/mol. The Morgan fingerprint density at radius 3 is 0.830 bits per heavy atom. The molecule has 28 rings (SSSR count). The first-order valence-corrected chi connectivity index (χ1v) is 58.3. The Balaban J connectivity index is 0.000000111. The molecule has 754 valence electrons. The van der Waals surface area contributed by atoms with E-state index in [1.165, 1.54) is 485 Å². The molecule has 4 saturated heterocycles. The smallest absolute Gasteiger partial charge is 0.0423 e. The zero-order chi connectivity index (χ0) is 94.5. The fraction of sp³-hybridized carbons (Fsp3) is 0.868. The van der Waals surface area contributed by atoms with E-state index in [9.17, 15) is 0 Å². The summed E-state index contributed by atoms with van der Waals surface area (Å²) < 4.78 is 0. The maximum atomic E-state index is 4.62. The van der Waals surface area contributed by atoms with Crippen molar-refractivity contribution in [2.45, 2.75) is 487 Å². The van der Waals surface area contributed by atoms with Gasteiger partial charge in [-0.2, -0.15) is 0 Å². The standard InChI is InChI=1S/2C11H19N.2C10H17N.3C9H15N.4C8H13N.2C7H11N.C6H9N/c1-10-11(8-5-9-12-10)6-3-2-4-7-11;1-10-9-11(7-8-12-10)5-3-2-4-6-11;1-9-10(5-2-3-6-10)7-4-8-11-9;1-9-8-10(6-7-11-9)4-2-3-5-10;1-8-9(4-2-5-9)6-3-7-10-8;1-8-7-9(3-2-4-9)5-6-10-8;1-7-9-5-3-2-4-8(9)6-10-7;1-7-6-8(2-3-8)4-5-9-7;1-7-8(4-5-8)3-2-6-9-7;1-7-4-5-8-3-2-6-9(7)8;1-6-8-4-2-3-7(8)5-9-6;1-6-2-3-7-4-5-8(6)7;1-5-7-3-2-6(7)4-8-5;1-4-6-2-5(6)3-7-4/h2*2-9H2,1H3;2*2-8H2,1H3;2*2-7H2,1H3;8-9H,2-6H2,1H3;2*2-6H2,1H3;8H,1-6H2;7-8H,2-5H2,1H3;7H,1-5H2;6-7H,2-4H2,1H3;5-6H,2-3H2,1H3. The molecule has 14 nitrogen and oxygen atoms in total. The number of hydrogen-bond acceptors (Lipinski definition) is 14. The quantitative estimate of drug-likeness (QED) is 0.237. The van der Waals surface area contributed by atoms with Crippen molar-refractivity contribution < 1.29 is 0 Å². The van der Waals surface area contributed by atoms with Gasteiger partial charge in [-0.1, -0.05) is 109 Å². The van der Waals surface area contributed by atoms with Crippen LogP contribution in [0.1, 0.15) is 475 Å². The molecule has 16 aliphatic heterocycles. The first kappa shape index (κ1) is 104. The predicted octanol–water partition coefficient (Wildman–Crippen LogP) is 30.7. The molecule has 135 heavy (non-hydrogen) atoms. The lowest BCUT2D eigenvalue weighted by molar-refractivity contribution is 0.127. The molecule has 10 unspecified atom stereocenters. The van der Waals surface area contributed by atoms with Gasteiger partial charge in [0.2, 0.25) is 0 Å². The van der Waals surface area contributed by atoms with Gasteiger partial charge in [-0.3, -0.25) is 59.9 Å². The molecule has 16 fully saturated rings. The summed E-state index contributed by atoms with van der Waals surface area (Å²) in [5.41, 5.74) is 25.2. The normalized spacial score (nSPS) is 33.0. The van der Waals surface area contributed by atoms with Gasteiger partial charge in [0.25, 0.3) is 0 Å². The highest BCUT2D eigenvalue weighted by molar-refractivity contribution is 5.93. The van der Waals surface area contributed by atoms with Crippen molar-refractivity contribution in [2.75, 3.05) is 91.6 Å². The Bertz CT molecular complexity index is 4230. The van der Waals surface area contributed by atoms with E-state index in [1.54, 1.807) is 0 Å². The van der Waals surface area contributed by atoms with Gasteiger partial charge in [0.05, 0.1) is 0 Å². The second-order valence-electron chi connectivity index (χ2n) is 50.1. The van der Waals surface area contributed by atoms with Crippen LogP contribution >= 0.6 is 0 Å². The van der Waals surface area contributed by atoms with Gasteiger partial charge in [0.1, 0.15) is 0 Å². The lowest BCUT2D eigenvalue weighted by Crippen LogP contribution is -2.41. The Hall–Kier alpha value is -4.88. The van der Waals surface area contributed by atoms with Crippen LogP contribution in [0.15, 0.2) is 84.5 Å².